The molecule has 0 bridgehead atoms. The quantitative estimate of drug-likeness (QED) is 0.417. The summed E-state index contributed by atoms with van der Waals surface area (Å²) in [5, 5.41) is 0. The third kappa shape index (κ3) is 6.58. The molecule has 0 aromatic rings. The van der Waals surface area contributed by atoms with Crippen molar-refractivity contribution in [3.8, 4) is 0 Å². The largest absolute Gasteiger partial charge is 0.376 e. The van der Waals surface area contributed by atoms with Gasteiger partial charge >= 0.3 is 0 Å². The monoisotopic (exact) mass is 176 g/mol. The molecule has 0 aromatic carbocycles. The van der Waals surface area contributed by atoms with Gasteiger partial charge in [0, 0.05) is 20.3 Å². The summed E-state index contributed by atoms with van der Waals surface area (Å²) in [6.07, 6.45) is 1.84. The van der Waals surface area contributed by atoms with Crippen LogP contribution in [0.3, 0.4) is 0 Å². The van der Waals surface area contributed by atoms with Gasteiger partial charge < -0.3 is 14.2 Å². The molecule has 0 spiro atoms. The zero-order valence-electron chi connectivity index (χ0n) is 8.34. The van der Waals surface area contributed by atoms with Crippen LogP contribution in [0.2, 0.25) is 0 Å². The van der Waals surface area contributed by atoms with E-state index in [-0.39, 0.29) is 6.29 Å². The van der Waals surface area contributed by atoms with E-state index in [2.05, 4.69) is 13.8 Å². The summed E-state index contributed by atoms with van der Waals surface area (Å²) < 4.78 is 15.7. The van der Waals surface area contributed by atoms with Gasteiger partial charge in [0.1, 0.15) is 0 Å². The normalized spacial score (nSPS) is 13.2. The minimum Gasteiger partial charge on any atom is -0.376 e. The van der Waals surface area contributed by atoms with Crippen LogP contribution in [-0.4, -0.2) is 33.2 Å². The van der Waals surface area contributed by atoms with Crippen molar-refractivity contribution in [2.45, 2.75) is 33.0 Å². The van der Waals surface area contributed by atoms with Crippen molar-refractivity contribution < 1.29 is 14.2 Å². The van der Waals surface area contributed by atoms with E-state index in [1.165, 1.54) is 0 Å². The Bertz CT molecular complexity index is 85.8. The van der Waals surface area contributed by atoms with Gasteiger partial charge in [-0.2, -0.15) is 0 Å². The molecule has 0 amide bonds. The van der Waals surface area contributed by atoms with E-state index >= 15 is 0 Å². The van der Waals surface area contributed by atoms with E-state index in [0.29, 0.717) is 6.61 Å². The smallest absolute Gasteiger partial charge is 0.180 e. The van der Waals surface area contributed by atoms with E-state index in [0.717, 1.165) is 26.1 Å². The summed E-state index contributed by atoms with van der Waals surface area (Å²) in [6, 6.07) is 0. The molecule has 0 rings (SSSR count). The average molecular weight is 176 g/mol. The molecule has 3 heteroatoms. The van der Waals surface area contributed by atoms with Crippen molar-refractivity contribution in [1.29, 1.82) is 0 Å². The Hall–Kier alpha value is -0.120. The first-order valence-corrected chi connectivity index (χ1v) is 4.57. The maximum atomic E-state index is 5.34. The molecule has 0 aliphatic carbocycles. The Labute approximate surface area is 75.0 Å². The lowest BCUT2D eigenvalue weighted by Crippen LogP contribution is -2.22. The second kappa shape index (κ2) is 8.97. The third-order valence-electron chi connectivity index (χ3n) is 1.37. The summed E-state index contributed by atoms with van der Waals surface area (Å²) in [6.45, 7) is 6.18. The van der Waals surface area contributed by atoms with Crippen LogP contribution in [0.5, 0.6) is 0 Å². The molecule has 3 nitrogen and oxygen atoms in total. The van der Waals surface area contributed by atoms with Crippen LogP contribution in [0.4, 0.5) is 0 Å². The van der Waals surface area contributed by atoms with E-state index in [4.69, 9.17) is 14.2 Å². The van der Waals surface area contributed by atoms with Crippen LogP contribution in [0.1, 0.15) is 26.7 Å². The standard InChI is InChI=1S/C9H20O3/c1-4-6-11-8-9(10-3)12-7-5-2/h9H,4-8H2,1-3H3. The fraction of sp³-hybridized carbons (Fsp3) is 1.00. The summed E-state index contributed by atoms with van der Waals surface area (Å²) in [4.78, 5) is 0. The van der Waals surface area contributed by atoms with E-state index < -0.39 is 0 Å². The maximum Gasteiger partial charge on any atom is 0.180 e. The summed E-state index contributed by atoms with van der Waals surface area (Å²) in [5.41, 5.74) is 0. The molecule has 0 aliphatic rings. The van der Waals surface area contributed by atoms with Crippen LogP contribution in [0, 0.1) is 0 Å². The Morgan fingerprint density at radius 2 is 1.75 bits per heavy atom. The highest BCUT2D eigenvalue weighted by atomic mass is 16.7. The summed E-state index contributed by atoms with van der Waals surface area (Å²) >= 11 is 0. The second-order valence-electron chi connectivity index (χ2n) is 2.61. The highest BCUT2D eigenvalue weighted by molar-refractivity contribution is 4.40. The Morgan fingerprint density at radius 1 is 1.08 bits per heavy atom. The van der Waals surface area contributed by atoms with Crippen LogP contribution in [0.25, 0.3) is 0 Å². The number of ether oxygens (including phenoxy) is 3. The zero-order chi connectivity index (χ0) is 9.23. The number of hydrogen-bond acceptors (Lipinski definition) is 3. The Balaban J connectivity index is 3.26. The molecule has 0 saturated heterocycles. The Kier molecular flexibility index (Phi) is 8.88. The van der Waals surface area contributed by atoms with Crippen LogP contribution < -0.4 is 0 Å². The molecular formula is C9H20O3. The fourth-order valence-electron chi connectivity index (χ4n) is 0.757. The van der Waals surface area contributed by atoms with Gasteiger partial charge in [-0.05, 0) is 12.8 Å². The minimum absolute atomic E-state index is 0.198. The molecule has 1 atom stereocenters. The van der Waals surface area contributed by atoms with Crippen molar-refractivity contribution in [3.63, 3.8) is 0 Å². The third-order valence-corrected chi connectivity index (χ3v) is 1.37. The summed E-state index contributed by atoms with van der Waals surface area (Å²) in [7, 11) is 1.63. The first-order valence-electron chi connectivity index (χ1n) is 4.57. The molecule has 0 radical (unpaired) electrons. The SMILES string of the molecule is CCCOCC(OC)OCCC. The fourth-order valence-corrected chi connectivity index (χ4v) is 0.757. The topological polar surface area (TPSA) is 27.7 Å². The molecule has 0 aliphatic heterocycles. The van der Waals surface area contributed by atoms with Crippen molar-refractivity contribution in [2.75, 3.05) is 26.9 Å². The van der Waals surface area contributed by atoms with Crippen molar-refractivity contribution in [2.24, 2.45) is 0 Å². The van der Waals surface area contributed by atoms with E-state index in [1.807, 2.05) is 0 Å². The van der Waals surface area contributed by atoms with Gasteiger partial charge in [0.15, 0.2) is 6.29 Å². The molecule has 74 valence electrons. The predicted molar refractivity (Wildman–Crippen MR) is 48.2 cm³/mol. The molecule has 1 unspecified atom stereocenters. The van der Waals surface area contributed by atoms with Gasteiger partial charge in [-0.3, -0.25) is 0 Å². The lowest BCUT2D eigenvalue weighted by Gasteiger charge is -2.15. The maximum absolute atomic E-state index is 5.34. The lowest BCUT2D eigenvalue weighted by atomic mass is 10.5. The van der Waals surface area contributed by atoms with Gasteiger partial charge in [-0.15, -0.1) is 0 Å². The van der Waals surface area contributed by atoms with Crippen molar-refractivity contribution >= 4 is 0 Å². The molecule has 0 aromatic heterocycles. The predicted octanol–water partition coefficient (Wildman–Crippen LogP) is 1.81. The highest BCUT2D eigenvalue weighted by Gasteiger charge is 2.05. The second-order valence-corrected chi connectivity index (χ2v) is 2.61. The van der Waals surface area contributed by atoms with Crippen LogP contribution >= 0.6 is 0 Å². The molecule has 0 fully saturated rings. The average Bonchev–Trinajstić information content (AvgIpc) is 2.11. The van der Waals surface area contributed by atoms with Crippen molar-refractivity contribution in [3.05, 3.63) is 0 Å². The Morgan fingerprint density at radius 3 is 2.25 bits per heavy atom. The number of rotatable bonds is 8. The van der Waals surface area contributed by atoms with Crippen LogP contribution in [-0.2, 0) is 14.2 Å². The highest BCUT2D eigenvalue weighted by Crippen LogP contribution is 1.96. The summed E-state index contributed by atoms with van der Waals surface area (Å²) in [5.74, 6) is 0. The molecule has 0 N–H and O–H groups in total. The molecule has 0 heterocycles. The molecular weight excluding hydrogens is 156 g/mol. The van der Waals surface area contributed by atoms with Gasteiger partial charge in [0.05, 0.1) is 6.61 Å². The molecule has 0 saturated carbocycles. The van der Waals surface area contributed by atoms with Crippen LogP contribution in [0.15, 0.2) is 0 Å². The zero-order valence-corrected chi connectivity index (χ0v) is 8.34. The van der Waals surface area contributed by atoms with Gasteiger partial charge in [-0.1, -0.05) is 13.8 Å². The lowest BCUT2D eigenvalue weighted by molar-refractivity contribution is -0.156. The number of hydrogen-bond donors (Lipinski definition) is 0. The first-order chi connectivity index (χ1) is 5.85. The molecule has 12 heavy (non-hydrogen) atoms. The number of methoxy groups -OCH3 is 1. The van der Waals surface area contributed by atoms with Gasteiger partial charge in [0.2, 0.25) is 0 Å². The van der Waals surface area contributed by atoms with Crippen molar-refractivity contribution in [1.82, 2.24) is 0 Å². The van der Waals surface area contributed by atoms with E-state index in [9.17, 15) is 0 Å². The minimum atomic E-state index is -0.198. The van der Waals surface area contributed by atoms with Gasteiger partial charge in [-0.25, -0.2) is 0 Å². The first kappa shape index (κ1) is 11.9. The van der Waals surface area contributed by atoms with Gasteiger partial charge in [0.25, 0.3) is 0 Å². The van der Waals surface area contributed by atoms with E-state index in [1.54, 1.807) is 7.11 Å².